The van der Waals surface area contributed by atoms with Crippen molar-refractivity contribution < 1.29 is 19.8 Å². The van der Waals surface area contributed by atoms with Gasteiger partial charge in [-0.3, -0.25) is 9.59 Å². The largest absolute Gasteiger partial charge is 0.481 e. The Balaban J connectivity index is 0. The summed E-state index contributed by atoms with van der Waals surface area (Å²) in [5, 5.41) is 16.6. The lowest BCUT2D eigenvalue weighted by atomic mass is 10.1. The van der Waals surface area contributed by atoms with E-state index in [1.54, 1.807) is 13.8 Å². The molecule has 4 heteroatoms. The summed E-state index contributed by atoms with van der Waals surface area (Å²) in [6.45, 7) is 7.37. The summed E-state index contributed by atoms with van der Waals surface area (Å²) in [6, 6.07) is 0. The fraction of sp³-hybridized carbons (Fsp3) is 0.833. The smallest absolute Gasteiger partial charge is 0.306 e. The van der Waals surface area contributed by atoms with E-state index in [0.717, 1.165) is 25.7 Å². The van der Waals surface area contributed by atoms with Gasteiger partial charge in [-0.05, 0) is 12.8 Å². The molecule has 0 aromatic carbocycles. The number of carboxylic acid groups (broad SMARTS) is 2. The van der Waals surface area contributed by atoms with Gasteiger partial charge in [-0.1, -0.05) is 40.5 Å². The Bertz CT molecular complexity index is 201. The molecule has 0 saturated heterocycles. The van der Waals surface area contributed by atoms with E-state index in [1.807, 2.05) is 6.92 Å². The third-order valence-corrected chi connectivity index (χ3v) is 2.45. The normalized spacial score (nSPS) is 13.2. The summed E-state index contributed by atoms with van der Waals surface area (Å²) in [5.74, 6) is -1.73. The zero-order chi connectivity index (χ0) is 13.1. The Morgan fingerprint density at radius 2 is 1.44 bits per heavy atom. The number of aliphatic carboxylic acids is 2. The number of carbonyl (C=O) groups is 2. The van der Waals surface area contributed by atoms with Crippen LogP contribution >= 0.6 is 0 Å². The summed E-state index contributed by atoms with van der Waals surface area (Å²) >= 11 is 0. The molecule has 0 heterocycles. The van der Waals surface area contributed by atoms with Crippen molar-refractivity contribution in [2.24, 2.45) is 11.8 Å². The highest BCUT2D eigenvalue weighted by atomic mass is 16.4. The fourth-order valence-corrected chi connectivity index (χ4v) is 0.808. The summed E-state index contributed by atoms with van der Waals surface area (Å²) in [5.41, 5.74) is 0. The van der Waals surface area contributed by atoms with Gasteiger partial charge in [0.05, 0.1) is 11.8 Å². The van der Waals surface area contributed by atoms with Gasteiger partial charge in [-0.15, -0.1) is 0 Å². The average molecular weight is 232 g/mol. The Kier molecular flexibility index (Phi) is 11.3. The van der Waals surface area contributed by atoms with Gasteiger partial charge in [0.2, 0.25) is 0 Å². The van der Waals surface area contributed by atoms with Gasteiger partial charge in [-0.25, -0.2) is 0 Å². The molecule has 0 aliphatic carbocycles. The van der Waals surface area contributed by atoms with Gasteiger partial charge in [0.25, 0.3) is 0 Å². The van der Waals surface area contributed by atoms with E-state index in [0.29, 0.717) is 0 Å². The van der Waals surface area contributed by atoms with Gasteiger partial charge in [0, 0.05) is 0 Å². The highest BCUT2D eigenvalue weighted by Crippen LogP contribution is 2.06. The van der Waals surface area contributed by atoms with Gasteiger partial charge in [0.1, 0.15) is 0 Å². The quantitative estimate of drug-likeness (QED) is 0.738. The van der Waals surface area contributed by atoms with Crippen LogP contribution in [0.4, 0.5) is 0 Å². The molecular weight excluding hydrogens is 208 g/mol. The summed E-state index contributed by atoms with van der Waals surface area (Å²) < 4.78 is 0. The molecule has 2 N–H and O–H groups in total. The molecule has 0 aromatic rings. The Hall–Kier alpha value is -1.06. The van der Waals surface area contributed by atoms with Crippen LogP contribution in [0, 0.1) is 11.8 Å². The van der Waals surface area contributed by atoms with Crippen molar-refractivity contribution in [2.75, 3.05) is 0 Å². The molecule has 4 nitrogen and oxygen atoms in total. The van der Waals surface area contributed by atoms with E-state index >= 15 is 0 Å². The summed E-state index contributed by atoms with van der Waals surface area (Å²) in [4.78, 5) is 20.1. The second-order valence-electron chi connectivity index (χ2n) is 4.03. The Morgan fingerprint density at radius 3 is 1.62 bits per heavy atom. The van der Waals surface area contributed by atoms with Gasteiger partial charge in [0.15, 0.2) is 0 Å². The lowest BCUT2D eigenvalue weighted by Gasteiger charge is -2.02. The third kappa shape index (κ3) is 11.0. The van der Waals surface area contributed by atoms with E-state index in [-0.39, 0.29) is 11.8 Å². The molecule has 0 amide bonds. The van der Waals surface area contributed by atoms with Gasteiger partial charge in [-0.2, -0.15) is 0 Å². The maximum atomic E-state index is 10.2. The number of carboxylic acids is 2. The molecule has 0 radical (unpaired) electrons. The molecule has 0 bridgehead atoms. The van der Waals surface area contributed by atoms with Crippen LogP contribution < -0.4 is 0 Å². The van der Waals surface area contributed by atoms with Crippen LogP contribution in [-0.4, -0.2) is 22.2 Å². The maximum absolute atomic E-state index is 10.2. The Labute approximate surface area is 97.7 Å². The number of unbranched alkanes of at least 4 members (excludes halogenated alkanes) is 1. The summed E-state index contributed by atoms with van der Waals surface area (Å²) in [6.07, 6.45) is 3.63. The van der Waals surface area contributed by atoms with E-state index in [2.05, 4.69) is 6.92 Å². The number of hydrogen-bond acceptors (Lipinski definition) is 2. The van der Waals surface area contributed by atoms with Crippen molar-refractivity contribution >= 4 is 11.9 Å². The molecule has 0 aliphatic heterocycles. The van der Waals surface area contributed by atoms with Crippen LogP contribution in [0.5, 0.6) is 0 Å². The number of rotatable bonds is 6. The molecule has 0 spiro atoms. The van der Waals surface area contributed by atoms with Crippen LogP contribution in [0.15, 0.2) is 0 Å². The SMILES string of the molecule is CCC(C)C(=O)O.CCCCC(C)C(=O)O. The van der Waals surface area contributed by atoms with Crippen molar-refractivity contribution in [3.63, 3.8) is 0 Å². The molecule has 2 unspecified atom stereocenters. The minimum atomic E-state index is -0.706. The Morgan fingerprint density at radius 1 is 1.00 bits per heavy atom. The first-order valence-electron chi connectivity index (χ1n) is 5.82. The predicted octanol–water partition coefficient (Wildman–Crippen LogP) is 3.01. The van der Waals surface area contributed by atoms with E-state index in [9.17, 15) is 9.59 Å². The first-order chi connectivity index (χ1) is 7.36. The molecular formula is C12H24O4. The molecule has 0 fully saturated rings. The first kappa shape index (κ1) is 17.3. The minimum Gasteiger partial charge on any atom is -0.481 e. The predicted molar refractivity (Wildman–Crippen MR) is 63.4 cm³/mol. The second kappa shape index (κ2) is 10.5. The van der Waals surface area contributed by atoms with E-state index in [1.165, 1.54) is 0 Å². The van der Waals surface area contributed by atoms with Crippen molar-refractivity contribution in [3.05, 3.63) is 0 Å². The van der Waals surface area contributed by atoms with Crippen molar-refractivity contribution in [1.29, 1.82) is 0 Å². The highest BCUT2D eigenvalue weighted by molar-refractivity contribution is 5.69. The van der Waals surface area contributed by atoms with Crippen LogP contribution in [0.1, 0.15) is 53.4 Å². The van der Waals surface area contributed by atoms with Crippen molar-refractivity contribution in [3.8, 4) is 0 Å². The highest BCUT2D eigenvalue weighted by Gasteiger charge is 2.08. The number of hydrogen-bond donors (Lipinski definition) is 2. The minimum absolute atomic E-state index is 0.162. The zero-order valence-corrected chi connectivity index (χ0v) is 10.7. The fourth-order valence-electron chi connectivity index (χ4n) is 0.808. The van der Waals surface area contributed by atoms with Crippen molar-refractivity contribution in [2.45, 2.75) is 53.4 Å². The topological polar surface area (TPSA) is 74.6 Å². The summed E-state index contributed by atoms with van der Waals surface area (Å²) in [7, 11) is 0. The van der Waals surface area contributed by atoms with Gasteiger partial charge >= 0.3 is 11.9 Å². The lowest BCUT2D eigenvalue weighted by Crippen LogP contribution is -2.08. The molecule has 96 valence electrons. The second-order valence-corrected chi connectivity index (χ2v) is 4.03. The third-order valence-electron chi connectivity index (χ3n) is 2.45. The van der Waals surface area contributed by atoms with Crippen LogP contribution in [-0.2, 0) is 9.59 Å². The van der Waals surface area contributed by atoms with Crippen LogP contribution in [0.2, 0.25) is 0 Å². The van der Waals surface area contributed by atoms with E-state index < -0.39 is 11.9 Å². The first-order valence-corrected chi connectivity index (χ1v) is 5.82. The van der Waals surface area contributed by atoms with Crippen molar-refractivity contribution in [1.82, 2.24) is 0 Å². The zero-order valence-electron chi connectivity index (χ0n) is 10.7. The molecule has 2 atom stereocenters. The lowest BCUT2D eigenvalue weighted by molar-refractivity contribution is -0.142. The maximum Gasteiger partial charge on any atom is 0.306 e. The monoisotopic (exact) mass is 232 g/mol. The van der Waals surface area contributed by atoms with Crippen LogP contribution in [0.25, 0.3) is 0 Å². The van der Waals surface area contributed by atoms with Gasteiger partial charge < -0.3 is 10.2 Å². The van der Waals surface area contributed by atoms with E-state index in [4.69, 9.17) is 10.2 Å². The standard InChI is InChI=1S/C7H14O2.C5H10O2/c1-3-4-5-6(2)7(8)9;1-3-4(2)5(6)7/h6H,3-5H2,1-2H3,(H,8,9);4H,3H2,1-2H3,(H,6,7). The molecule has 0 aliphatic rings. The average Bonchev–Trinajstić information content (AvgIpc) is 2.25. The molecule has 16 heavy (non-hydrogen) atoms. The molecule has 0 saturated carbocycles. The molecule has 0 rings (SSSR count). The van der Waals surface area contributed by atoms with Crippen LogP contribution in [0.3, 0.4) is 0 Å². The molecule has 0 aromatic heterocycles.